The van der Waals surface area contributed by atoms with Gasteiger partial charge >= 0.3 is 6.18 Å². The topological polar surface area (TPSA) is 72.9 Å². The molecular formula is C23H25F3N4O2. The van der Waals surface area contributed by atoms with Crippen LogP contribution in [0.1, 0.15) is 38.4 Å². The molecule has 1 N–H and O–H groups in total. The van der Waals surface area contributed by atoms with Gasteiger partial charge in [0, 0.05) is 24.4 Å². The van der Waals surface area contributed by atoms with Gasteiger partial charge < -0.3 is 9.47 Å². The number of nitrogens with one attached hydrogen (secondary N) is 1. The summed E-state index contributed by atoms with van der Waals surface area (Å²) in [7, 11) is 1.75. The Hall–Kier alpha value is -2.94. The summed E-state index contributed by atoms with van der Waals surface area (Å²) >= 11 is 0. The van der Waals surface area contributed by atoms with E-state index in [2.05, 4.69) is 27.1 Å². The molecule has 2 aromatic heterocycles. The molecule has 1 saturated carbocycles. The zero-order valence-electron chi connectivity index (χ0n) is 17.9. The Labute approximate surface area is 184 Å². The predicted molar refractivity (Wildman–Crippen MR) is 113 cm³/mol. The van der Waals surface area contributed by atoms with E-state index < -0.39 is 12.0 Å². The Kier molecular flexibility index (Phi) is 6.19. The van der Waals surface area contributed by atoms with Crippen molar-refractivity contribution in [1.82, 2.24) is 20.2 Å². The summed E-state index contributed by atoms with van der Waals surface area (Å²) in [6.45, 7) is 3.04. The van der Waals surface area contributed by atoms with Gasteiger partial charge in [-0.1, -0.05) is 6.92 Å². The summed E-state index contributed by atoms with van der Waals surface area (Å²) in [4.78, 5) is 7.84. The van der Waals surface area contributed by atoms with E-state index in [0.717, 1.165) is 43.6 Å². The number of hydrogen-bond donors (Lipinski definition) is 1. The molecule has 0 atom stereocenters. The van der Waals surface area contributed by atoms with Gasteiger partial charge in [-0.05, 0) is 67.5 Å². The fraction of sp³-hybridized carbons (Fsp3) is 0.435. The van der Waals surface area contributed by atoms with Gasteiger partial charge in [-0.3, -0.25) is 10.1 Å². The van der Waals surface area contributed by atoms with E-state index in [4.69, 9.17) is 9.47 Å². The van der Waals surface area contributed by atoms with Gasteiger partial charge in [-0.15, -0.1) is 5.10 Å². The van der Waals surface area contributed by atoms with Crippen molar-refractivity contribution in [2.75, 3.05) is 13.7 Å². The minimum atomic E-state index is -4.59. The summed E-state index contributed by atoms with van der Waals surface area (Å²) in [5, 5.41) is 5.51. The molecule has 2 heterocycles. The molecule has 1 aromatic carbocycles. The first-order valence-electron chi connectivity index (χ1n) is 10.5. The zero-order chi connectivity index (χ0) is 22.8. The average molecular weight is 446 g/mol. The second-order valence-corrected chi connectivity index (χ2v) is 8.52. The molecule has 1 fully saturated rings. The smallest absolute Gasteiger partial charge is 0.453 e. The van der Waals surface area contributed by atoms with Gasteiger partial charge in [0.15, 0.2) is 5.82 Å². The van der Waals surface area contributed by atoms with Crippen molar-refractivity contribution in [3.8, 4) is 28.4 Å². The number of rotatable bonds is 6. The van der Waals surface area contributed by atoms with Crippen LogP contribution >= 0.6 is 0 Å². The van der Waals surface area contributed by atoms with Crippen LogP contribution in [0.2, 0.25) is 0 Å². The molecule has 9 heteroatoms. The molecule has 0 bridgehead atoms. The second-order valence-electron chi connectivity index (χ2n) is 8.52. The lowest BCUT2D eigenvalue weighted by Gasteiger charge is -2.36. The highest BCUT2D eigenvalue weighted by Gasteiger charge is 2.36. The molecule has 1 aliphatic carbocycles. The van der Waals surface area contributed by atoms with Gasteiger partial charge in [0.1, 0.15) is 5.75 Å². The van der Waals surface area contributed by atoms with E-state index in [1.165, 1.54) is 6.20 Å². The summed E-state index contributed by atoms with van der Waals surface area (Å²) < 4.78 is 49.5. The molecule has 0 saturated heterocycles. The maximum atomic E-state index is 12.7. The van der Waals surface area contributed by atoms with Gasteiger partial charge in [0.05, 0.1) is 18.4 Å². The predicted octanol–water partition coefficient (Wildman–Crippen LogP) is 5.53. The molecule has 3 aromatic rings. The average Bonchev–Trinajstić information content (AvgIpc) is 3.27. The van der Waals surface area contributed by atoms with Gasteiger partial charge in [0.2, 0.25) is 0 Å². The Bertz CT molecular complexity index is 1020. The zero-order valence-corrected chi connectivity index (χ0v) is 17.9. The molecule has 170 valence electrons. The number of aromatic nitrogens is 4. The first kappa shape index (κ1) is 22.3. The molecule has 32 heavy (non-hydrogen) atoms. The number of alkyl halides is 3. The van der Waals surface area contributed by atoms with Gasteiger partial charge in [0.25, 0.3) is 5.82 Å². The highest BCUT2D eigenvalue weighted by molar-refractivity contribution is 5.63. The SMILES string of the molecule is COC[C@]1(C)CC[C@H](Oc2ccc(-c3ccc(-c4nc(C(F)(F)F)n[nH]4)cn3)cc2)CC1. The molecule has 6 nitrogen and oxygen atoms in total. The van der Waals surface area contributed by atoms with E-state index in [1.54, 1.807) is 19.2 Å². The molecule has 0 radical (unpaired) electrons. The number of methoxy groups -OCH3 is 1. The molecule has 0 amide bonds. The Morgan fingerprint density at radius 1 is 1.06 bits per heavy atom. The van der Waals surface area contributed by atoms with Gasteiger partial charge in [-0.25, -0.2) is 4.98 Å². The number of nitrogens with zero attached hydrogens (tertiary/aromatic N) is 3. The maximum Gasteiger partial charge on any atom is 0.453 e. The van der Waals surface area contributed by atoms with Crippen molar-refractivity contribution in [2.45, 2.75) is 44.9 Å². The minimum Gasteiger partial charge on any atom is -0.490 e. The van der Waals surface area contributed by atoms with Crippen LogP contribution in [0.15, 0.2) is 42.6 Å². The highest BCUT2D eigenvalue weighted by Crippen LogP contribution is 2.37. The Morgan fingerprint density at radius 3 is 2.31 bits per heavy atom. The van der Waals surface area contributed by atoms with Crippen LogP contribution in [0.4, 0.5) is 13.2 Å². The third-order valence-corrected chi connectivity index (χ3v) is 5.86. The van der Waals surface area contributed by atoms with Gasteiger partial charge in [-0.2, -0.15) is 13.2 Å². The number of benzene rings is 1. The number of aromatic amines is 1. The standard InChI is InChI=1S/C23H25F3N4O2/c1-22(14-31-2)11-9-18(10-12-22)32-17-6-3-15(4-7-17)19-8-5-16(13-27-19)20-28-21(30-29-20)23(24,25)26/h3-8,13,18H,9-12,14H2,1-2H3,(H,28,29,30)/t18-,22+. The van der Waals surface area contributed by atoms with Crippen LogP contribution in [-0.2, 0) is 10.9 Å². The highest BCUT2D eigenvalue weighted by atomic mass is 19.4. The van der Waals surface area contributed by atoms with Crippen LogP contribution < -0.4 is 4.74 Å². The monoisotopic (exact) mass is 446 g/mol. The van der Waals surface area contributed by atoms with Crippen LogP contribution in [0.5, 0.6) is 5.75 Å². The van der Waals surface area contributed by atoms with Crippen LogP contribution in [0, 0.1) is 5.41 Å². The van der Waals surface area contributed by atoms with Crippen molar-refractivity contribution in [3.05, 3.63) is 48.4 Å². The first-order chi connectivity index (χ1) is 15.3. The molecule has 4 rings (SSSR count). The summed E-state index contributed by atoms with van der Waals surface area (Å²) in [5.74, 6) is -0.366. The summed E-state index contributed by atoms with van der Waals surface area (Å²) in [5.41, 5.74) is 2.24. The van der Waals surface area contributed by atoms with Crippen molar-refractivity contribution in [3.63, 3.8) is 0 Å². The molecule has 0 spiro atoms. The lowest BCUT2D eigenvalue weighted by atomic mass is 9.75. The summed E-state index contributed by atoms with van der Waals surface area (Å²) in [6, 6.07) is 11.1. The number of ether oxygens (including phenoxy) is 2. The number of pyridine rings is 1. The third kappa shape index (κ3) is 5.09. The normalized spacial score (nSPS) is 21.5. The molecule has 0 aliphatic heterocycles. The lowest BCUT2D eigenvalue weighted by Crippen LogP contribution is -2.33. The second kappa shape index (κ2) is 8.90. The minimum absolute atomic E-state index is 0.0224. The molecule has 0 unspecified atom stereocenters. The Balaban J connectivity index is 1.37. The van der Waals surface area contributed by atoms with Crippen LogP contribution in [-0.4, -0.2) is 40.0 Å². The summed E-state index contributed by atoms with van der Waals surface area (Å²) in [6.07, 6.45) is 1.24. The maximum absolute atomic E-state index is 12.7. The van der Waals surface area contributed by atoms with E-state index in [1.807, 2.05) is 24.3 Å². The van der Waals surface area contributed by atoms with Crippen LogP contribution in [0.3, 0.4) is 0 Å². The van der Waals surface area contributed by atoms with E-state index in [0.29, 0.717) is 11.3 Å². The lowest BCUT2D eigenvalue weighted by molar-refractivity contribution is -0.144. The molecule has 1 aliphatic rings. The van der Waals surface area contributed by atoms with Crippen molar-refractivity contribution in [2.24, 2.45) is 5.41 Å². The quantitative estimate of drug-likeness (QED) is 0.539. The number of hydrogen-bond acceptors (Lipinski definition) is 5. The number of H-pyrrole nitrogens is 1. The largest absolute Gasteiger partial charge is 0.490 e. The van der Waals surface area contributed by atoms with Crippen molar-refractivity contribution < 1.29 is 22.6 Å². The Morgan fingerprint density at radius 2 is 1.75 bits per heavy atom. The first-order valence-corrected chi connectivity index (χ1v) is 10.5. The van der Waals surface area contributed by atoms with Crippen molar-refractivity contribution in [1.29, 1.82) is 0 Å². The third-order valence-electron chi connectivity index (χ3n) is 5.86. The van der Waals surface area contributed by atoms with E-state index in [9.17, 15) is 13.2 Å². The van der Waals surface area contributed by atoms with Crippen molar-refractivity contribution >= 4 is 0 Å². The molecular weight excluding hydrogens is 421 g/mol. The van der Waals surface area contributed by atoms with Crippen LogP contribution in [0.25, 0.3) is 22.6 Å². The fourth-order valence-corrected chi connectivity index (χ4v) is 4.02. The fourth-order valence-electron chi connectivity index (χ4n) is 4.02. The van der Waals surface area contributed by atoms with E-state index in [-0.39, 0.29) is 17.3 Å². The number of halogens is 3. The van der Waals surface area contributed by atoms with E-state index >= 15 is 0 Å².